The maximum atomic E-state index is 12.2. The Morgan fingerprint density at radius 2 is 2.04 bits per heavy atom. The minimum absolute atomic E-state index is 0.0481. The van der Waals surface area contributed by atoms with E-state index in [1.165, 1.54) is 6.20 Å². The van der Waals surface area contributed by atoms with Gasteiger partial charge in [-0.15, -0.1) is 0 Å². The lowest BCUT2D eigenvalue weighted by Crippen LogP contribution is -2.26. The average molecular weight is 338 g/mol. The summed E-state index contributed by atoms with van der Waals surface area (Å²) in [6.45, 7) is 2.33. The van der Waals surface area contributed by atoms with Crippen molar-refractivity contribution in [2.45, 2.75) is 20.0 Å². The molecule has 7 heteroatoms. The van der Waals surface area contributed by atoms with Crippen LogP contribution >= 0.6 is 0 Å². The smallest absolute Gasteiger partial charge is 0.326 e. The fraction of sp³-hybridized carbons (Fsp3) is 0.222. The Morgan fingerprint density at radius 3 is 2.80 bits per heavy atom. The predicted octanol–water partition coefficient (Wildman–Crippen LogP) is 1.92. The fourth-order valence-corrected chi connectivity index (χ4v) is 2.53. The van der Waals surface area contributed by atoms with Crippen LogP contribution in [0.4, 0.5) is 0 Å². The van der Waals surface area contributed by atoms with Gasteiger partial charge in [-0.2, -0.15) is 0 Å². The van der Waals surface area contributed by atoms with E-state index in [0.717, 1.165) is 11.0 Å². The number of nitrogens with one attached hydrogen (secondary N) is 1. The Labute approximate surface area is 144 Å². The number of esters is 1. The number of imidazole rings is 1. The summed E-state index contributed by atoms with van der Waals surface area (Å²) < 4.78 is 6.79. The van der Waals surface area contributed by atoms with Crippen LogP contribution in [0.15, 0.2) is 48.8 Å². The molecule has 1 aromatic carbocycles. The summed E-state index contributed by atoms with van der Waals surface area (Å²) >= 11 is 0. The third-order valence-electron chi connectivity index (χ3n) is 3.66. The van der Waals surface area contributed by atoms with Crippen LogP contribution in [-0.4, -0.2) is 33.0 Å². The number of hydrogen-bond donors (Lipinski definition) is 1. The normalized spacial score (nSPS) is 10.6. The molecule has 7 nitrogen and oxygen atoms in total. The number of pyridine rings is 1. The molecule has 128 valence electrons. The van der Waals surface area contributed by atoms with E-state index in [1.54, 1.807) is 29.8 Å². The third-order valence-corrected chi connectivity index (χ3v) is 3.66. The lowest BCUT2D eigenvalue weighted by atomic mass is 10.3. The maximum absolute atomic E-state index is 12.2. The molecule has 0 aliphatic heterocycles. The lowest BCUT2D eigenvalue weighted by Gasteiger charge is -2.09. The van der Waals surface area contributed by atoms with Gasteiger partial charge in [-0.05, 0) is 31.2 Å². The molecule has 0 saturated carbocycles. The Morgan fingerprint density at radius 1 is 1.20 bits per heavy atom. The van der Waals surface area contributed by atoms with Gasteiger partial charge in [-0.1, -0.05) is 12.1 Å². The minimum Gasteiger partial charge on any atom is -0.465 e. The van der Waals surface area contributed by atoms with Gasteiger partial charge in [0, 0.05) is 12.4 Å². The van der Waals surface area contributed by atoms with Gasteiger partial charge in [0.15, 0.2) is 0 Å². The van der Waals surface area contributed by atoms with Crippen molar-refractivity contribution in [1.29, 1.82) is 0 Å². The van der Waals surface area contributed by atoms with Crippen molar-refractivity contribution >= 4 is 22.9 Å². The highest BCUT2D eigenvalue weighted by Crippen LogP contribution is 2.16. The summed E-state index contributed by atoms with van der Waals surface area (Å²) in [5.74, 6) is -0.000164. The Balaban J connectivity index is 1.82. The first-order chi connectivity index (χ1) is 12.2. The van der Waals surface area contributed by atoms with Crippen LogP contribution in [0.5, 0.6) is 0 Å². The van der Waals surface area contributed by atoms with Gasteiger partial charge in [-0.3, -0.25) is 14.6 Å². The summed E-state index contributed by atoms with van der Waals surface area (Å²) in [5, 5.41) is 2.81. The quantitative estimate of drug-likeness (QED) is 0.694. The Hall–Kier alpha value is -3.22. The fourth-order valence-electron chi connectivity index (χ4n) is 2.53. The third kappa shape index (κ3) is 3.82. The second-order valence-corrected chi connectivity index (χ2v) is 5.33. The number of nitrogens with zero attached hydrogens (tertiary/aromatic N) is 3. The Kier molecular flexibility index (Phi) is 5.03. The van der Waals surface area contributed by atoms with Crippen molar-refractivity contribution < 1.29 is 14.3 Å². The minimum atomic E-state index is -0.342. The topological polar surface area (TPSA) is 86.1 Å². The van der Waals surface area contributed by atoms with Gasteiger partial charge >= 0.3 is 5.97 Å². The van der Waals surface area contributed by atoms with E-state index in [9.17, 15) is 9.59 Å². The second-order valence-electron chi connectivity index (χ2n) is 5.33. The molecule has 0 radical (unpaired) electrons. The number of carbonyl (C=O) groups is 2. The highest BCUT2D eigenvalue weighted by Gasteiger charge is 2.15. The predicted molar refractivity (Wildman–Crippen MR) is 91.8 cm³/mol. The van der Waals surface area contributed by atoms with E-state index in [4.69, 9.17) is 4.74 Å². The molecule has 2 heterocycles. The van der Waals surface area contributed by atoms with Crippen LogP contribution in [0.1, 0.15) is 23.1 Å². The molecule has 0 spiro atoms. The molecule has 0 aliphatic carbocycles. The molecule has 0 aliphatic rings. The molecular weight excluding hydrogens is 320 g/mol. The molecule has 0 bridgehead atoms. The van der Waals surface area contributed by atoms with Gasteiger partial charge in [-0.25, -0.2) is 4.98 Å². The molecule has 2 aromatic heterocycles. The van der Waals surface area contributed by atoms with E-state index in [2.05, 4.69) is 15.3 Å². The number of para-hydroxylation sites is 2. The molecule has 0 atom stereocenters. The number of amides is 1. The standard InChI is InChI=1S/C18H18N4O3/c1-2-25-17(23)12-22-15-8-4-3-7-14(15)21-16(22)11-20-18(24)13-6-5-9-19-10-13/h3-10H,2,11-12H2,1H3,(H,20,24). The van der Waals surface area contributed by atoms with E-state index in [-0.39, 0.29) is 25.0 Å². The van der Waals surface area contributed by atoms with Crippen LogP contribution < -0.4 is 5.32 Å². The van der Waals surface area contributed by atoms with Crippen LogP contribution in [0.25, 0.3) is 11.0 Å². The maximum Gasteiger partial charge on any atom is 0.326 e. The highest BCUT2D eigenvalue weighted by atomic mass is 16.5. The molecule has 3 rings (SSSR count). The van der Waals surface area contributed by atoms with Crippen molar-refractivity contribution in [1.82, 2.24) is 19.9 Å². The van der Waals surface area contributed by atoms with Crippen molar-refractivity contribution in [2.75, 3.05) is 6.61 Å². The number of fused-ring (bicyclic) bond motifs is 1. The molecule has 1 N–H and O–H groups in total. The molecule has 3 aromatic rings. The van der Waals surface area contributed by atoms with Gasteiger partial charge < -0.3 is 14.6 Å². The average Bonchev–Trinajstić information content (AvgIpc) is 2.98. The zero-order chi connectivity index (χ0) is 17.6. The summed E-state index contributed by atoms with van der Waals surface area (Å²) in [4.78, 5) is 32.5. The van der Waals surface area contributed by atoms with E-state index in [0.29, 0.717) is 18.0 Å². The van der Waals surface area contributed by atoms with E-state index < -0.39 is 0 Å². The molecule has 0 fully saturated rings. The first-order valence-corrected chi connectivity index (χ1v) is 7.97. The number of rotatable bonds is 6. The van der Waals surface area contributed by atoms with E-state index in [1.807, 2.05) is 24.3 Å². The second kappa shape index (κ2) is 7.57. The number of benzene rings is 1. The summed E-state index contributed by atoms with van der Waals surface area (Å²) in [5.41, 5.74) is 2.05. The largest absolute Gasteiger partial charge is 0.465 e. The first kappa shape index (κ1) is 16.6. The van der Waals surface area contributed by atoms with Crippen molar-refractivity contribution in [2.24, 2.45) is 0 Å². The van der Waals surface area contributed by atoms with Crippen molar-refractivity contribution in [3.63, 3.8) is 0 Å². The SMILES string of the molecule is CCOC(=O)Cn1c(CNC(=O)c2cccnc2)nc2ccccc21. The van der Waals surface area contributed by atoms with Crippen molar-refractivity contribution in [3.05, 3.63) is 60.2 Å². The summed E-state index contributed by atoms with van der Waals surface area (Å²) in [7, 11) is 0. The Bertz CT molecular complexity index is 890. The van der Waals surface area contributed by atoms with Crippen LogP contribution in [0, 0.1) is 0 Å². The highest BCUT2D eigenvalue weighted by molar-refractivity contribution is 5.93. The van der Waals surface area contributed by atoms with Gasteiger partial charge in [0.25, 0.3) is 5.91 Å². The van der Waals surface area contributed by atoms with Gasteiger partial charge in [0.2, 0.25) is 0 Å². The van der Waals surface area contributed by atoms with Crippen LogP contribution in [0.2, 0.25) is 0 Å². The molecule has 0 unspecified atom stereocenters. The summed E-state index contributed by atoms with van der Waals surface area (Å²) in [6.07, 6.45) is 3.10. The molecule has 25 heavy (non-hydrogen) atoms. The lowest BCUT2D eigenvalue weighted by molar-refractivity contribution is -0.143. The number of ether oxygens (including phenoxy) is 1. The number of aromatic nitrogens is 3. The number of hydrogen-bond acceptors (Lipinski definition) is 5. The summed E-state index contributed by atoms with van der Waals surface area (Å²) in [6, 6.07) is 10.9. The van der Waals surface area contributed by atoms with Gasteiger partial charge in [0.1, 0.15) is 12.4 Å². The van der Waals surface area contributed by atoms with Crippen molar-refractivity contribution in [3.8, 4) is 0 Å². The zero-order valence-electron chi connectivity index (χ0n) is 13.8. The molecule has 0 saturated heterocycles. The monoisotopic (exact) mass is 338 g/mol. The number of carbonyl (C=O) groups excluding carboxylic acids is 2. The van der Waals surface area contributed by atoms with Gasteiger partial charge in [0.05, 0.1) is 29.7 Å². The first-order valence-electron chi connectivity index (χ1n) is 7.97. The zero-order valence-corrected chi connectivity index (χ0v) is 13.8. The van der Waals surface area contributed by atoms with Crippen LogP contribution in [0.3, 0.4) is 0 Å². The van der Waals surface area contributed by atoms with E-state index >= 15 is 0 Å². The molecule has 1 amide bonds. The van der Waals surface area contributed by atoms with Crippen LogP contribution in [-0.2, 0) is 22.6 Å². The molecular formula is C18H18N4O3.